The number of hydrogen-bond donors (Lipinski definition) is 0. The van der Waals surface area contributed by atoms with E-state index in [-0.39, 0.29) is 0 Å². The second-order valence-electron chi connectivity index (χ2n) is 20.2. The predicted octanol–water partition coefficient (Wildman–Crippen LogP) is 18.7. The molecule has 0 atom stereocenters. The monoisotopic (exact) mass is 974 g/mol. The van der Waals surface area contributed by atoms with Gasteiger partial charge in [-0.15, -0.1) is 0 Å². The summed E-state index contributed by atoms with van der Waals surface area (Å²) < 4.78 is 29.9. The molecule has 10 aromatic carbocycles. The quantitative estimate of drug-likeness (QED) is 0.165. The molecule has 76 heavy (non-hydrogen) atoms. The van der Waals surface area contributed by atoms with Gasteiger partial charge in [-0.2, -0.15) is 0 Å². The van der Waals surface area contributed by atoms with Crippen LogP contribution < -0.4 is 9.80 Å². The van der Waals surface area contributed by atoms with E-state index in [0.717, 1.165) is 134 Å². The largest absolute Gasteiger partial charge is 0.454 e. The third-order valence-corrected chi connectivity index (χ3v) is 16.6. The first-order chi connectivity index (χ1) is 37.7. The van der Waals surface area contributed by atoms with Crippen molar-refractivity contribution >= 4 is 78.4 Å². The van der Waals surface area contributed by atoms with Gasteiger partial charge in [0.15, 0.2) is 11.2 Å². The van der Waals surface area contributed by atoms with Crippen LogP contribution in [-0.2, 0) is 10.8 Å². The van der Waals surface area contributed by atoms with Gasteiger partial charge in [-0.3, -0.25) is 9.80 Å². The molecule has 0 radical (unpaired) electrons. The summed E-state index contributed by atoms with van der Waals surface area (Å²) in [7, 11) is 0. The summed E-state index contributed by atoms with van der Waals surface area (Å²) in [5.74, 6) is 2.96. The lowest BCUT2D eigenvalue weighted by atomic mass is 9.57. The zero-order valence-corrected chi connectivity index (χ0v) is 40.8. The van der Waals surface area contributed by atoms with Gasteiger partial charge in [0.25, 0.3) is 0 Å². The van der Waals surface area contributed by atoms with Gasteiger partial charge in [-0.05, 0) is 93.0 Å². The van der Waals surface area contributed by atoms with E-state index in [9.17, 15) is 0 Å². The Morgan fingerprint density at radius 2 is 0.592 bits per heavy atom. The van der Waals surface area contributed by atoms with Crippen molar-refractivity contribution in [3.63, 3.8) is 0 Å². The number of anilines is 6. The maximum absolute atomic E-state index is 8.07. The van der Waals surface area contributed by atoms with E-state index >= 15 is 0 Å². The summed E-state index contributed by atoms with van der Waals surface area (Å²) in [4.78, 5) is 4.48. The molecule has 0 bridgehead atoms. The summed E-state index contributed by atoms with van der Waals surface area (Å²) in [6.45, 7) is 0. The third kappa shape index (κ3) is 5.24. The van der Waals surface area contributed by atoms with Crippen LogP contribution in [0.4, 0.5) is 34.5 Å². The fourth-order valence-corrected chi connectivity index (χ4v) is 13.6. The molecule has 0 amide bonds. The van der Waals surface area contributed by atoms with Crippen LogP contribution >= 0.6 is 0 Å². The normalized spacial score (nSPS) is 14.0. The van der Waals surface area contributed by atoms with Gasteiger partial charge < -0.3 is 17.7 Å². The molecule has 0 N–H and O–H groups in total. The summed E-state index contributed by atoms with van der Waals surface area (Å²) in [5, 5.41) is 4.18. The number of furan rings is 4. The standard InChI is InChI=1S/C70H42N2O4/c1-3-21-43(22-4-1)71(59-37-19-31-51-49-29-11-17-39-61(49)73-65(51)59)63-41-57-67(75-63)70(55-35-15-9-27-47(55)48-28-10-16-36-56(48)70)58-42-64(76-68(58)69(57)53-33-13-7-25-45(53)46-26-8-14-34-54(46)69)72(44-23-5-2-6-24-44)60-38-20-32-52-50-30-12-18-40-62(50)74-66(52)60/h1-42H. The van der Waals surface area contributed by atoms with Gasteiger partial charge in [0.2, 0.25) is 11.8 Å². The maximum Gasteiger partial charge on any atom is 0.205 e. The van der Waals surface area contributed by atoms with Crippen molar-refractivity contribution in [3.8, 4) is 22.3 Å². The highest BCUT2D eigenvalue weighted by Crippen LogP contribution is 2.70. The molecular formula is C70H42N2O4. The Morgan fingerprint density at radius 1 is 0.263 bits per heavy atom. The number of benzene rings is 10. The molecular weight excluding hydrogens is 933 g/mol. The minimum absolute atomic E-state index is 0.652. The highest BCUT2D eigenvalue weighted by atomic mass is 16.4. The summed E-state index contributed by atoms with van der Waals surface area (Å²) in [5.41, 5.74) is 15.9. The highest BCUT2D eigenvalue weighted by Gasteiger charge is 2.64. The molecule has 2 spiro atoms. The van der Waals surface area contributed by atoms with Crippen LogP contribution in [0, 0.1) is 0 Å². The summed E-state index contributed by atoms with van der Waals surface area (Å²) >= 11 is 0. The number of rotatable bonds is 6. The van der Waals surface area contributed by atoms with Gasteiger partial charge >= 0.3 is 0 Å². The number of nitrogens with zero attached hydrogens (tertiary/aromatic N) is 2. The third-order valence-electron chi connectivity index (χ3n) is 16.6. The first-order valence-electron chi connectivity index (χ1n) is 25.9. The van der Waals surface area contributed by atoms with E-state index in [0.29, 0.717) is 11.8 Å². The van der Waals surface area contributed by atoms with Crippen molar-refractivity contribution in [1.29, 1.82) is 0 Å². The van der Waals surface area contributed by atoms with E-state index < -0.39 is 10.8 Å². The van der Waals surface area contributed by atoms with E-state index in [1.165, 1.54) is 0 Å². The number of hydrogen-bond acceptors (Lipinski definition) is 6. The van der Waals surface area contributed by atoms with E-state index in [1.807, 2.05) is 24.3 Å². The molecule has 0 fully saturated rings. The lowest BCUT2D eigenvalue weighted by molar-refractivity contribution is 0.405. The maximum atomic E-state index is 8.07. The van der Waals surface area contributed by atoms with Crippen LogP contribution in [0.3, 0.4) is 0 Å². The number of para-hydroxylation sites is 6. The Labute approximate surface area is 436 Å². The second kappa shape index (κ2) is 15.3. The molecule has 6 nitrogen and oxygen atoms in total. The second-order valence-corrected chi connectivity index (χ2v) is 20.2. The van der Waals surface area contributed by atoms with E-state index in [4.69, 9.17) is 17.7 Å². The average Bonchev–Trinajstić information content (AvgIpc) is 4.04. The van der Waals surface area contributed by atoms with Crippen LogP contribution in [0.15, 0.2) is 272 Å². The Bertz CT molecular complexity index is 4250. The van der Waals surface area contributed by atoms with Gasteiger partial charge in [-0.25, -0.2) is 0 Å². The molecule has 3 aliphatic rings. The molecule has 3 aliphatic carbocycles. The van der Waals surface area contributed by atoms with E-state index in [2.05, 4.69) is 240 Å². The lowest BCUT2D eigenvalue weighted by Gasteiger charge is -2.42. The Hall–Kier alpha value is -10.0. The van der Waals surface area contributed by atoms with Gasteiger partial charge in [0, 0.05) is 56.2 Å². The SMILES string of the molecule is c1ccc(N(c2cc3c(o2)C2(c4ccccc4-c4ccccc42)c2cc(N(c4ccccc4)c4cccc5c4oc4ccccc45)oc2C32c3ccccc3-c3ccccc32)c2cccc3c2oc2ccccc23)cc1. The first-order valence-corrected chi connectivity index (χ1v) is 25.9. The molecule has 0 aliphatic heterocycles. The minimum Gasteiger partial charge on any atom is -0.454 e. The molecule has 4 aromatic heterocycles. The van der Waals surface area contributed by atoms with Crippen molar-refractivity contribution in [3.05, 3.63) is 300 Å². The van der Waals surface area contributed by atoms with Gasteiger partial charge in [-0.1, -0.05) is 194 Å². The molecule has 356 valence electrons. The Kier molecular flexibility index (Phi) is 8.32. The summed E-state index contributed by atoms with van der Waals surface area (Å²) in [6.07, 6.45) is 0. The van der Waals surface area contributed by atoms with E-state index in [1.54, 1.807) is 0 Å². The highest BCUT2D eigenvalue weighted by molar-refractivity contribution is 6.11. The fraction of sp³-hybridized carbons (Fsp3) is 0.0286. The van der Waals surface area contributed by atoms with Crippen LogP contribution in [0.5, 0.6) is 0 Å². The lowest BCUT2D eigenvalue weighted by Crippen LogP contribution is -2.42. The smallest absolute Gasteiger partial charge is 0.205 e. The fourth-order valence-electron chi connectivity index (χ4n) is 13.6. The van der Waals surface area contributed by atoms with Crippen LogP contribution in [0.1, 0.15) is 44.9 Å². The van der Waals surface area contributed by atoms with Crippen LogP contribution in [0.2, 0.25) is 0 Å². The zero-order valence-electron chi connectivity index (χ0n) is 40.8. The molecule has 0 saturated heterocycles. The molecule has 0 saturated carbocycles. The van der Waals surface area contributed by atoms with Crippen molar-refractivity contribution < 1.29 is 17.7 Å². The molecule has 0 unspecified atom stereocenters. The van der Waals surface area contributed by atoms with Crippen LogP contribution in [-0.4, -0.2) is 0 Å². The molecule has 4 heterocycles. The van der Waals surface area contributed by atoms with Crippen molar-refractivity contribution in [2.75, 3.05) is 9.80 Å². The van der Waals surface area contributed by atoms with Crippen molar-refractivity contribution in [2.45, 2.75) is 10.8 Å². The van der Waals surface area contributed by atoms with Crippen molar-refractivity contribution in [2.24, 2.45) is 0 Å². The molecule has 6 heteroatoms. The first kappa shape index (κ1) is 41.4. The Balaban J connectivity index is 1.03. The molecule has 14 aromatic rings. The number of fused-ring (bicyclic) bond motifs is 22. The van der Waals surface area contributed by atoms with Crippen LogP contribution in [0.25, 0.3) is 66.1 Å². The topological polar surface area (TPSA) is 59.0 Å². The predicted molar refractivity (Wildman–Crippen MR) is 303 cm³/mol. The molecule has 17 rings (SSSR count). The summed E-state index contributed by atoms with van der Waals surface area (Å²) in [6, 6.07) is 90.5. The zero-order chi connectivity index (χ0) is 49.7. The Morgan fingerprint density at radius 3 is 0.987 bits per heavy atom. The van der Waals surface area contributed by atoms with Gasteiger partial charge in [0.1, 0.15) is 33.5 Å². The van der Waals surface area contributed by atoms with Crippen molar-refractivity contribution in [1.82, 2.24) is 0 Å². The average molecular weight is 975 g/mol. The van der Waals surface area contributed by atoms with Gasteiger partial charge in [0.05, 0.1) is 11.4 Å². The minimum atomic E-state index is -1.00.